The van der Waals surface area contributed by atoms with Crippen LogP contribution in [-0.4, -0.2) is 57.2 Å². The van der Waals surface area contributed by atoms with Crippen LogP contribution in [-0.2, 0) is 21.0 Å². The fourth-order valence-corrected chi connectivity index (χ4v) is 2.54. The molecule has 0 aliphatic heterocycles. The molecule has 0 saturated carbocycles. The Hall–Kier alpha value is -4.23. The first-order chi connectivity index (χ1) is 14.6. The van der Waals surface area contributed by atoms with Crippen molar-refractivity contribution in [1.82, 2.24) is 15.0 Å². The molecule has 2 aromatic rings. The molecule has 0 radical (unpaired) electrons. The van der Waals surface area contributed by atoms with E-state index >= 15 is 0 Å². The first-order valence-electron chi connectivity index (χ1n) is 8.52. The zero-order chi connectivity index (χ0) is 23.3. The number of carbonyl (C=O) groups excluding carboxylic acids is 2. The molecule has 0 aliphatic rings. The molecule has 1 atom stereocenters. The number of ether oxygens (including phenoxy) is 4. The zero-order valence-corrected chi connectivity index (χ0v) is 16.8. The number of nitro benzene ring substituents is 1. The smallest absolute Gasteiger partial charge is 0.493 e. The number of rotatable bonds is 9. The van der Waals surface area contributed by atoms with Gasteiger partial charge in [0.25, 0.3) is 5.69 Å². The van der Waals surface area contributed by atoms with Crippen molar-refractivity contribution in [2.75, 3.05) is 14.2 Å². The molecule has 0 amide bonds. The maximum absolute atomic E-state index is 13.2. The van der Waals surface area contributed by atoms with E-state index in [1.807, 2.05) is 0 Å². The molecule has 14 heteroatoms. The average molecular weight is 438 g/mol. The minimum Gasteiger partial charge on any atom is -0.493 e. The van der Waals surface area contributed by atoms with Gasteiger partial charge in [0.2, 0.25) is 12.5 Å². The molecule has 0 saturated heterocycles. The van der Waals surface area contributed by atoms with E-state index in [4.69, 9.17) is 19.3 Å². The van der Waals surface area contributed by atoms with Crippen LogP contribution in [0.3, 0.4) is 0 Å². The quantitative estimate of drug-likeness (QED) is 0.259. The van der Waals surface area contributed by atoms with Crippen LogP contribution in [0.4, 0.5) is 10.5 Å². The zero-order valence-electron chi connectivity index (χ0n) is 16.8. The number of benzene rings is 1. The van der Waals surface area contributed by atoms with Crippen molar-refractivity contribution in [3.8, 4) is 11.5 Å². The van der Waals surface area contributed by atoms with Gasteiger partial charge < -0.3 is 24.1 Å². The maximum Gasteiger partial charge on any atom is 0.506 e. The molecule has 1 unspecified atom stereocenters. The lowest BCUT2D eigenvalue weighted by atomic mass is 10.0. The van der Waals surface area contributed by atoms with Crippen LogP contribution >= 0.6 is 0 Å². The summed E-state index contributed by atoms with van der Waals surface area (Å²) >= 11 is 0. The molecule has 1 N–H and O–H groups in total. The van der Waals surface area contributed by atoms with Gasteiger partial charge in [-0.3, -0.25) is 19.7 Å². The normalized spacial score (nSPS) is 11.4. The summed E-state index contributed by atoms with van der Waals surface area (Å²) in [7, 11) is 2.55. The number of nitro groups is 1. The summed E-state index contributed by atoms with van der Waals surface area (Å²) in [6, 6.07) is 2.10. The van der Waals surface area contributed by atoms with Crippen LogP contribution in [0.25, 0.3) is 0 Å². The highest BCUT2D eigenvalue weighted by molar-refractivity contribution is 6.11. The summed E-state index contributed by atoms with van der Waals surface area (Å²) in [5, 5.41) is 28.2. The monoisotopic (exact) mass is 438 g/mol. The number of ketones is 1. The molecular formula is C17H18N4O10. The van der Waals surface area contributed by atoms with E-state index in [0.29, 0.717) is 0 Å². The fraction of sp³-hybridized carbons (Fsp3) is 0.353. The third-order valence-electron chi connectivity index (χ3n) is 3.89. The van der Waals surface area contributed by atoms with Crippen LogP contribution in [0.2, 0.25) is 0 Å². The van der Waals surface area contributed by atoms with Crippen molar-refractivity contribution >= 4 is 23.6 Å². The Bertz CT molecular complexity index is 1030. The highest BCUT2D eigenvalue weighted by Crippen LogP contribution is 2.36. The van der Waals surface area contributed by atoms with Gasteiger partial charge in [0.1, 0.15) is 17.4 Å². The van der Waals surface area contributed by atoms with Gasteiger partial charge in [-0.05, 0) is 6.92 Å². The lowest BCUT2D eigenvalue weighted by Crippen LogP contribution is -2.13. The van der Waals surface area contributed by atoms with Gasteiger partial charge in [-0.2, -0.15) is 5.10 Å². The molecule has 0 aliphatic carbocycles. The van der Waals surface area contributed by atoms with Gasteiger partial charge in [-0.15, -0.1) is 9.90 Å². The van der Waals surface area contributed by atoms with Crippen LogP contribution in [0.1, 0.15) is 41.7 Å². The highest BCUT2D eigenvalue weighted by Gasteiger charge is 2.32. The summed E-state index contributed by atoms with van der Waals surface area (Å²) in [4.78, 5) is 46.7. The predicted molar refractivity (Wildman–Crippen MR) is 98.9 cm³/mol. The molecule has 1 aromatic carbocycles. The topological polar surface area (TPSA) is 182 Å². The van der Waals surface area contributed by atoms with Crippen molar-refractivity contribution in [3.63, 3.8) is 0 Å². The van der Waals surface area contributed by atoms with E-state index in [9.17, 15) is 24.5 Å². The largest absolute Gasteiger partial charge is 0.506 e. The van der Waals surface area contributed by atoms with Crippen LogP contribution < -0.4 is 9.47 Å². The van der Waals surface area contributed by atoms with Crippen molar-refractivity contribution in [3.05, 3.63) is 39.2 Å². The summed E-state index contributed by atoms with van der Waals surface area (Å²) in [6.45, 7) is 1.94. The standard InChI is InChI=1S/C17H18N4O10/c1-8(31-17(24)25)14-15(19-20(18-14)7-30-9(2)22)16(23)10-5-12(28-3)13(29-4)6-11(10)21(26)27/h5-6,8H,7H2,1-4H3,(H,24,25). The number of nitrogens with zero attached hydrogens (tertiary/aromatic N) is 4. The average Bonchev–Trinajstić information content (AvgIpc) is 3.14. The second-order valence-corrected chi connectivity index (χ2v) is 5.91. The van der Waals surface area contributed by atoms with E-state index < -0.39 is 52.6 Å². The SMILES string of the molecule is COc1cc(C(=O)c2nn(COC(C)=O)nc2C(C)OC(=O)O)c([N+](=O)[O-])cc1OC. The number of hydrogen-bond donors (Lipinski definition) is 1. The Morgan fingerprint density at radius 3 is 2.32 bits per heavy atom. The second kappa shape index (κ2) is 9.51. The van der Waals surface area contributed by atoms with Crippen molar-refractivity contribution < 1.29 is 43.4 Å². The number of methoxy groups -OCH3 is 2. The molecule has 14 nitrogen and oxygen atoms in total. The fourth-order valence-electron chi connectivity index (χ4n) is 2.54. The van der Waals surface area contributed by atoms with Crippen molar-refractivity contribution in [1.29, 1.82) is 0 Å². The Labute approximate surface area is 174 Å². The third kappa shape index (κ3) is 5.23. The van der Waals surface area contributed by atoms with Gasteiger partial charge in [0, 0.05) is 13.0 Å². The molecule has 1 aromatic heterocycles. The van der Waals surface area contributed by atoms with E-state index in [0.717, 1.165) is 23.9 Å². The molecule has 0 bridgehead atoms. The van der Waals surface area contributed by atoms with Gasteiger partial charge in [-0.25, -0.2) is 4.79 Å². The highest BCUT2D eigenvalue weighted by atomic mass is 16.7. The molecular weight excluding hydrogens is 420 g/mol. The number of carbonyl (C=O) groups is 3. The molecule has 31 heavy (non-hydrogen) atoms. The Morgan fingerprint density at radius 1 is 1.19 bits per heavy atom. The second-order valence-electron chi connectivity index (χ2n) is 5.91. The van der Waals surface area contributed by atoms with Gasteiger partial charge in [0.15, 0.2) is 17.2 Å². The predicted octanol–water partition coefficient (Wildman–Crippen LogP) is 1.71. The summed E-state index contributed by atoms with van der Waals surface area (Å²) in [5.74, 6) is -1.55. The number of hydrogen-bond acceptors (Lipinski definition) is 11. The number of esters is 1. The Balaban J connectivity index is 2.62. The Kier molecular flexibility index (Phi) is 7.07. The summed E-state index contributed by atoms with van der Waals surface area (Å²) in [6.07, 6.45) is -2.90. The molecule has 1 heterocycles. The first-order valence-corrected chi connectivity index (χ1v) is 8.52. The number of carboxylic acid groups (broad SMARTS) is 1. The molecule has 0 fully saturated rings. The number of aromatic nitrogens is 3. The van der Waals surface area contributed by atoms with E-state index in [-0.39, 0.29) is 17.2 Å². The summed E-state index contributed by atoms with van der Waals surface area (Å²) in [5.41, 5.74) is -1.68. The van der Waals surface area contributed by atoms with Crippen LogP contribution in [0.15, 0.2) is 12.1 Å². The molecule has 2 rings (SSSR count). The van der Waals surface area contributed by atoms with Gasteiger partial charge in [0.05, 0.1) is 25.2 Å². The van der Waals surface area contributed by atoms with Crippen LogP contribution in [0, 0.1) is 10.1 Å². The minimum atomic E-state index is -1.64. The first kappa shape index (κ1) is 23.1. The van der Waals surface area contributed by atoms with Crippen molar-refractivity contribution in [2.45, 2.75) is 26.7 Å². The van der Waals surface area contributed by atoms with E-state index in [1.54, 1.807) is 0 Å². The van der Waals surface area contributed by atoms with E-state index in [1.165, 1.54) is 21.1 Å². The lowest BCUT2D eigenvalue weighted by molar-refractivity contribution is -0.385. The molecule has 166 valence electrons. The maximum atomic E-state index is 13.2. The third-order valence-corrected chi connectivity index (χ3v) is 3.89. The molecule has 0 spiro atoms. The van der Waals surface area contributed by atoms with Crippen molar-refractivity contribution in [2.24, 2.45) is 0 Å². The lowest BCUT2D eigenvalue weighted by Gasteiger charge is -2.11. The van der Waals surface area contributed by atoms with E-state index in [2.05, 4.69) is 14.9 Å². The minimum absolute atomic E-state index is 0.0204. The van der Waals surface area contributed by atoms with Crippen LogP contribution in [0.5, 0.6) is 11.5 Å². The summed E-state index contributed by atoms with van der Waals surface area (Å²) < 4.78 is 19.5. The Morgan fingerprint density at radius 2 is 1.81 bits per heavy atom. The van der Waals surface area contributed by atoms with Gasteiger partial charge >= 0.3 is 12.1 Å². The van der Waals surface area contributed by atoms with Gasteiger partial charge in [-0.1, -0.05) is 0 Å².